The lowest BCUT2D eigenvalue weighted by Crippen LogP contribution is -2.53. The van der Waals surface area contributed by atoms with E-state index in [1.165, 1.54) is 17.0 Å². The number of hydrogen-bond donors (Lipinski definition) is 3. The van der Waals surface area contributed by atoms with Crippen molar-refractivity contribution in [2.75, 3.05) is 11.9 Å². The van der Waals surface area contributed by atoms with Crippen LogP contribution in [0.5, 0.6) is 5.75 Å². The van der Waals surface area contributed by atoms with Crippen LogP contribution >= 0.6 is 11.6 Å². The minimum atomic E-state index is -1.06. The van der Waals surface area contributed by atoms with Crippen molar-refractivity contribution in [1.82, 2.24) is 10.2 Å². The summed E-state index contributed by atoms with van der Waals surface area (Å²) in [4.78, 5) is 42.8. The largest absolute Gasteiger partial charge is 0.508 e. The van der Waals surface area contributed by atoms with Crippen LogP contribution in [-0.2, 0) is 20.7 Å². The number of carbonyl (C=O) groups is 3. The summed E-state index contributed by atoms with van der Waals surface area (Å²) in [5, 5.41) is 15.8. The van der Waals surface area contributed by atoms with Gasteiger partial charge in [0, 0.05) is 13.0 Å². The Hall–Kier alpha value is -4.04. The zero-order valence-electron chi connectivity index (χ0n) is 25.2. The van der Waals surface area contributed by atoms with Gasteiger partial charge in [-0.25, -0.2) is 4.79 Å². The first-order valence-corrected chi connectivity index (χ1v) is 14.3. The Balaban J connectivity index is 2.08. The molecular formula is C33H40ClN3O5. The molecule has 0 spiro atoms. The summed E-state index contributed by atoms with van der Waals surface area (Å²) in [6.07, 6.45) is -0.644. The van der Waals surface area contributed by atoms with Crippen molar-refractivity contribution < 1.29 is 24.2 Å². The molecule has 9 heteroatoms. The number of nitrogens with one attached hydrogen (secondary N) is 2. The number of ether oxygens (including phenoxy) is 1. The van der Waals surface area contributed by atoms with Crippen LogP contribution in [0.3, 0.4) is 0 Å². The van der Waals surface area contributed by atoms with Crippen LogP contribution in [0, 0.1) is 20.8 Å². The van der Waals surface area contributed by atoms with Gasteiger partial charge in [0.25, 0.3) is 5.91 Å². The number of carbonyl (C=O) groups excluding carboxylic acids is 3. The molecule has 42 heavy (non-hydrogen) atoms. The lowest BCUT2D eigenvalue weighted by Gasteiger charge is -2.34. The summed E-state index contributed by atoms with van der Waals surface area (Å²) in [5.74, 6) is -0.817. The van der Waals surface area contributed by atoms with E-state index in [2.05, 4.69) is 10.6 Å². The molecule has 0 aliphatic heterocycles. The van der Waals surface area contributed by atoms with Gasteiger partial charge in [0.05, 0.1) is 10.7 Å². The van der Waals surface area contributed by atoms with Gasteiger partial charge in [0.15, 0.2) is 0 Å². The highest BCUT2D eigenvalue weighted by Crippen LogP contribution is 2.31. The normalized spacial score (nSPS) is 12.7. The van der Waals surface area contributed by atoms with E-state index in [0.717, 1.165) is 16.7 Å². The molecule has 2 atom stereocenters. The van der Waals surface area contributed by atoms with Crippen molar-refractivity contribution >= 4 is 35.2 Å². The first-order chi connectivity index (χ1) is 19.7. The quantitative estimate of drug-likeness (QED) is 0.258. The van der Waals surface area contributed by atoms with E-state index in [-0.39, 0.29) is 18.7 Å². The van der Waals surface area contributed by atoms with E-state index in [1.807, 2.05) is 45.0 Å². The number of rotatable bonds is 9. The zero-order chi connectivity index (χ0) is 31.2. The highest BCUT2D eigenvalue weighted by Gasteiger charge is 2.36. The molecule has 0 aliphatic rings. The predicted molar refractivity (Wildman–Crippen MR) is 166 cm³/mol. The zero-order valence-corrected chi connectivity index (χ0v) is 26.0. The fourth-order valence-corrected chi connectivity index (χ4v) is 4.94. The molecule has 3 aromatic carbocycles. The number of halogens is 1. The number of hydrogen-bond acceptors (Lipinski definition) is 5. The number of phenols is 1. The molecule has 0 saturated heterocycles. The maximum absolute atomic E-state index is 14.3. The van der Waals surface area contributed by atoms with Crippen molar-refractivity contribution in [3.8, 4) is 5.75 Å². The third-order valence-corrected chi connectivity index (χ3v) is 7.06. The Morgan fingerprint density at radius 3 is 2.24 bits per heavy atom. The third kappa shape index (κ3) is 8.49. The molecule has 0 radical (unpaired) electrons. The van der Waals surface area contributed by atoms with Crippen LogP contribution < -0.4 is 10.6 Å². The fourth-order valence-electron chi connectivity index (χ4n) is 4.67. The van der Waals surface area contributed by atoms with Gasteiger partial charge >= 0.3 is 6.09 Å². The van der Waals surface area contributed by atoms with Crippen molar-refractivity contribution in [3.05, 3.63) is 93.5 Å². The number of anilines is 1. The number of likely N-dealkylation sites (N-methyl/N-ethyl adjacent to an activating group) is 1. The number of nitrogens with zero attached hydrogens (tertiary/aromatic N) is 1. The van der Waals surface area contributed by atoms with Gasteiger partial charge in [-0.3, -0.25) is 9.59 Å². The van der Waals surface area contributed by atoms with Crippen LogP contribution in [0.25, 0.3) is 0 Å². The molecule has 0 aliphatic carbocycles. The minimum absolute atomic E-state index is 0.0819. The summed E-state index contributed by atoms with van der Waals surface area (Å²) in [6, 6.07) is 15.4. The smallest absolute Gasteiger partial charge is 0.408 e. The minimum Gasteiger partial charge on any atom is -0.508 e. The molecule has 0 heterocycles. The first kappa shape index (κ1) is 32.5. The van der Waals surface area contributed by atoms with Crippen molar-refractivity contribution in [1.29, 1.82) is 0 Å². The molecule has 2 unspecified atom stereocenters. The summed E-state index contributed by atoms with van der Waals surface area (Å²) < 4.78 is 5.47. The van der Waals surface area contributed by atoms with Gasteiger partial charge < -0.3 is 25.4 Å². The molecule has 0 fully saturated rings. The monoisotopic (exact) mass is 593 g/mol. The lowest BCUT2D eigenvalue weighted by molar-refractivity contribution is -0.140. The summed E-state index contributed by atoms with van der Waals surface area (Å²) in [6.45, 7) is 12.8. The Morgan fingerprint density at radius 1 is 0.976 bits per heavy atom. The fraction of sp³-hybridized carbons (Fsp3) is 0.364. The molecule has 0 bridgehead atoms. The Bertz CT molecular complexity index is 1410. The maximum Gasteiger partial charge on any atom is 0.408 e. The molecule has 0 saturated carbocycles. The second kappa shape index (κ2) is 13.7. The number of benzene rings is 3. The first-order valence-electron chi connectivity index (χ1n) is 13.9. The maximum atomic E-state index is 14.3. The molecule has 3 aromatic rings. The Kier molecular flexibility index (Phi) is 10.6. The second-order valence-corrected chi connectivity index (χ2v) is 11.8. The van der Waals surface area contributed by atoms with Crippen LogP contribution in [0.15, 0.2) is 60.7 Å². The Labute approximate surface area is 253 Å². The van der Waals surface area contributed by atoms with Gasteiger partial charge in [0.2, 0.25) is 5.91 Å². The van der Waals surface area contributed by atoms with E-state index in [0.29, 0.717) is 21.8 Å². The van der Waals surface area contributed by atoms with Crippen LogP contribution in [-0.4, -0.2) is 46.1 Å². The Morgan fingerprint density at radius 2 is 1.64 bits per heavy atom. The van der Waals surface area contributed by atoms with Crippen molar-refractivity contribution in [3.63, 3.8) is 0 Å². The average Bonchev–Trinajstić information content (AvgIpc) is 2.90. The topological polar surface area (TPSA) is 108 Å². The highest BCUT2D eigenvalue weighted by atomic mass is 35.5. The molecule has 224 valence electrons. The standard InChI is InChI=1S/C33H40ClN3O5/c1-8-37(31(40)27(35-32(41)42-33(5,6)7)19-23-14-16-24(38)17-15-23)29(25-18-20(2)12-13-21(25)3)30(39)36-28-22(4)10-9-11-26(28)34/h9-18,27,29,38H,8,19H2,1-7H3,(H,35,41)(H,36,39). The number of aromatic hydroxyl groups is 1. The highest BCUT2D eigenvalue weighted by molar-refractivity contribution is 6.34. The number of alkyl carbamates (subject to hydrolysis) is 1. The summed E-state index contributed by atoms with van der Waals surface area (Å²) in [5.41, 5.74) is 3.59. The van der Waals surface area contributed by atoms with Gasteiger partial charge in [0.1, 0.15) is 23.4 Å². The predicted octanol–water partition coefficient (Wildman–Crippen LogP) is 6.64. The lowest BCUT2D eigenvalue weighted by atomic mass is 9.95. The van der Waals surface area contributed by atoms with Crippen LogP contribution in [0.4, 0.5) is 10.5 Å². The van der Waals surface area contributed by atoms with E-state index >= 15 is 0 Å². The van der Waals surface area contributed by atoms with Gasteiger partial charge in [-0.2, -0.15) is 0 Å². The molecule has 3 N–H and O–H groups in total. The number of para-hydroxylation sites is 1. The van der Waals surface area contributed by atoms with E-state index < -0.39 is 35.6 Å². The van der Waals surface area contributed by atoms with Crippen LogP contribution in [0.1, 0.15) is 61.6 Å². The van der Waals surface area contributed by atoms with Gasteiger partial charge in [-0.1, -0.05) is 59.6 Å². The molecule has 3 amide bonds. The molecular weight excluding hydrogens is 554 g/mol. The van der Waals surface area contributed by atoms with E-state index in [1.54, 1.807) is 52.0 Å². The SMILES string of the molecule is CCN(C(=O)C(Cc1ccc(O)cc1)NC(=O)OC(C)(C)C)C(C(=O)Nc1c(C)cccc1Cl)c1cc(C)ccc1C. The van der Waals surface area contributed by atoms with Gasteiger partial charge in [-0.15, -0.1) is 0 Å². The van der Waals surface area contributed by atoms with Crippen molar-refractivity contribution in [2.24, 2.45) is 0 Å². The summed E-state index contributed by atoms with van der Waals surface area (Å²) >= 11 is 6.44. The average molecular weight is 594 g/mol. The van der Waals surface area contributed by atoms with Crippen molar-refractivity contribution in [2.45, 2.75) is 72.6 Å². The summed E-state index contributed by atoms with van der Waals surface area (Å²) in [7, 11) is 0. The number of aryl methyl sites for hydroxylation is 3. The van der Waals surface area contributed by atoms with E-state index in [9.17, 15) is 19.5 Å². The van der Waals surface area contributed by atoms with E-state index in [4.69, 9.17) is 16.3 Å². The number of amides is 3. The number of phenolic OH excluding ortho intramolecular Hbond substituents is 1. The van der Waals surface area contributed by atoms with Crippen LogP contribution in [0.2, 0.25) is 5.02 Å². The second-order valence-electron chi connectivity index (χ2n) is 11.4. The molecule has 3 rings (SSSR count). The third-order valence-electron chi connectivity index (χ3n) is 6.75. The molecule has 0 aromatic heterocycles. The van der Waals surface area contributed by atoms with Gasteiger partial charge in [-0.05, 0) is 88.9 Å². The molecule has 8 nitrogen and oxygen atoms in total.